The molecule has 4 rings (SSSR count). The number of carbonyl (C=O) groups is 3. The molecule has 0 aliphatic carbocycles. The first kappa shape index (κ1) is 23.4. The minimum absolute atomic E-state index is 0.145. The normalized spacial score (nSPS) is 14.6. The van der Waals surface area contributed by atoms with Gasteiger partial charge < -0.3 is 24.3 Å². The molecule has 0 aromatic carbocycles. The van der Waals surface area contributed by atoms with Crippen molar-refractivity contribution in [2.75, 3.05) is 39.8 Å². The zero-order valence-corrected chi connectivity index (χ0v) is 19.5. The van der Waals surface area contributed by atoms with E-state index in [2.05, 4.69) is 15.2 Å². The molecule has 0 radical (unpaired) electrons. The largest absolute Gasteiger partial charge is 0.462 e. The van der Waals surface area contributed by atoms with Crippen molar-refractivity contribution in [1.29, 1.82) is 0 Å². The highest BCUT2D eigenvalue weighted by Gasteiger charge is 2.26. The summed E-state index contributed by atoms with van der Waals surface area (Å²) in [7, 11) is 2.04. The third-order valence-corrected chi connectivity index (χ3v) is 5.91. The Labute approximate surface area is 198 Å². The Kier molecular flexibility index (Phi) is 7.22. The molecule has 3 aromatic rings. The van der Waals surface area contributed by atoms with Crippen LogP contribution in [0.2, 0.25) is 0 Å². The van der Waals surface area contributed by atoms with Crippen molar-refractivity contribution in [2.45, 2.75) is 19.9 Å². The van der Waals surface area contributed by atoms with Gasteiger partial charge in [-0.25, -0.2) is 4.79 Å². The number of esters is 1. The second kappa shape index (κ2) is 10.5. The van der Waals surface area contributed by atoms with Gasteiger partial charge in [-0.05, 0) is 57.3 Å². The lowest BCUT2D eigenvalue weighted by atomic mass is 10.2. The van der Waals surface area contributed by atoms with Crippen LogP contribution >= 0.6 is 0 Å². The zero-order valence-electron chi connectivity index (χ0n) is 19.5. The van der Waals surface area contributed by atoms with Gasteiger partial charge in [-0.1, -0.05) is 6.07 Å². The van der Waals surface area contributed by atoms with Crippen molar-refractivity contribution < 1.29 is 19.1 Å². The molecule has 1 fully saturated rings. The maximum atomic E-state index is 13.4. The van der Waals surface area contributed by atoms with Gasteiger partial charge in [-0.2, -0.15) is 0 Å². The Morgan fingerprint density at radius 1 is 1.09 bits per heavy atom. The molecule has 1 aliphatic rings. The maximum Gasteiger partial charge on any atom is 0.340 e. The van der Waals surface area contributed by atoms with Crippen LogP contribution in [0.15, 0.2) is 48.8 Å². The highest BCUT2D eigenvalue weighted by Crippen LogP contribution is 2.22. The number of aromatic nitrogens is 2. The van der Waals surface area contributed by atoms with Crippen molar-refractivity contribution in [1.82, 2.24) is 24.5 Å². The summed E-state index contributed by atoms with van der Waals surface area (Å²) < 4.78 is 6.89. The van der Waals surface area contributed by atoms with Gasteiger partial charge in [0.15, 0.2) is 0 Å². The van der Waals surface area contributed by atoms with E-state index in [0.29, 0.717) is 29.9 Å². The van der Waals surface area contributed by atoms with Crippen LogP contribution in [-0.2, 0) is 11.3 Å². The number of fused-ring (bicyclic) bond motifs is 1. The van der Waals surface area contributed by atoms with E-state index in [-0.39, 0.29) is 30.5 Å². The van der Waals surface area contributed by atoms with E-state index in [1.165, 1.54) is 0 Å². The van der Waals surface area contributed by atoms with Crippen LogP contribution < -0.4 is 5.32 Å². The summed E-state index contributed by atoms with van der Waals surface area (Å²) in [6.45, 7) is 5.22. The van der Waals surface area contributed by atoms with Crippen LogP contribution in [0.25, 0.3) is 5.52 Å². The lowest BCUT2D eigenvalue weighted by Gasteiger charge is -2.20. The lowest BCUT2D eigenvalue weighted by Crippen LogP contribution is -2.35. The van der Waals surface area contributed by atoms with E-state index in [9.17, 15) is 14.4 Å². The molecule has 0 bridgehead atoms. The predicted octanol–water partition coefficient (Wildman–Crippen LogP) is 2.22. The standard InChI is InChI=1S/C25H29N5O4/c1-3-34-25(33)20-16-22(24(32)29-11-6-10-28(2)13-14-29)30-12-8-18(15-21(20)30)23(31)27-17-19-7-4-5-9-26-19/h4-5,7-9,12,15-16H,3,6,10-11,13-14,17H2,1-2H3,(H,27,31). The van der Waals surface area contributed by atoms with E-state index in [1.54, 1.807) is 41.9 Å². The lowest BCUT2D eigenvalue weighted by molar-refractivity contribution is 0.0528. The number of amides is 2. The van der Waals surface area contributed by atoms with Crippen molar-refractivity contribution in [2.24, 2.45) is 0 Å². The molecule has 0 atom stereocenters. The first-order valence-electron chi connectivity index (χ1n) is 11.5. The molecule has 4 heterocycles. The maximum absolute atomic E-state index is 13.4. The number of rotatable bonds is 6. The number of pyridine rings is 2. The fourth-order valence-corrected chi connectivity index (χ4v) is 4.06. The van der Waals surface area contributed by atoms with Gasteiger partial charge in [-0.15, -0.1) is 0 Å². The van der Waals surface area contributed by atoms with Gasteiger partial charge in [-0.3, -0.25) is 14.6 Å². The summed E-state index contributed by atoms with van der Waals surface area (Å²) in [5.41, 5.74) is 2.21. The second-order valence-corrected chi connectivity index (χ2v) is 8.29. The van der Waals surface area contributed by atoms with Crippen LogP contribution in [-0.4, -0.2) is 76.8 Å². The Balaban J connectivity index is 1.64. The molecule has 0 saturated carbocycles. The highest BCUT2D eigenvalue weighted by molar-refractivity contribution is 6.05. The molecule has 2 amide bonds. The van der Waals surface area contributed by atoms with Gasteiger partial charge in [0, 0.05) is 37.6 Å². The number of hydrogen-bond acceptors (Lipinski definition) is 6. The molecule has 178 valence electrons. The zero-order chi connectivity index (χ0) is 24.1. The molecule has 1 N–H and O–H groups in total. The third kappa shape index (κ3) is 5.09. The minimum atomic E-state index is -0.527. The van der Waals surface area contributed by atoms with E-state index >= 15 is 0 Å². The van der Waals surface area contributed by atoms with E-state index in [0.717, 1.165) is 25.2 Å². The highest BCUT2D eigenvalue weighted by atomic mass is 16.5. The molecule has 3 aromatic heterocycles. The Morgan fingerprint density at radius 3 is 2.71 bits per heavy atom. The molecular formula is C25H29N5O4. The summed E-state index contributed by atoms with van der Waals surface area (Å²) in [6.07, 6.45) is 4.21. The molecule has 0 unspecified atom stereocenters. The van der Waals surface area contributed by atoms with Crippen LogP contribution in [0.3, 0.4) is 0 Å². The van der Waals surface area contributed by atoms with Crippen LogP contribution in [0.5, 0.6) is 0 Å². The van der Waals surface area contributed by atoms with Crippen LogP contribution in [0.4, 0.5) is 0 Å². The fraction of sp³-hybridized carbons (Fsp3) is 0.360. The number of ether oxygens (including phenoxy) is 1. The number of nitrogens with zero attached hydrogens (tertiary/aromatic N) is 4. The smallest absolute Gasteiger partial charge is 0.340 e. The van der Waals surface area contributed by atoms with Gasteiger partial charge >= 0.3 is 5.97 Å². The summed E-state index contributed by atoms with van der Waals surface area (Å²) in [4.78, 5) is 47.1. The molecule has 1 saturated heterocycles. The Morgan fingerprint density at radius 2 is 1.94 bits per heavy atom. The summed E-state index contributed by atoms with van der Waals surface area (Å²) >= 11 is 0. The first-order chi connectivity index (χ1) is 16.5. The molecule has 0 spiro atoms. The van der Waals surface area contributed by atoms with Crippen molar-refractivity contribution in [3.8, 4) is 0 Å². The van der Waals surface area contributed by atoms with Gasteiger partial charge in [0.05, 0.1) is 29.9 Å². The molecular weight excluding hydrogens is 434 g/mol. The summed E-state index contributed by atoms with van der Waals surface area (Å²) in [5.74, 6) is -0.971. The quantitative estimate of drug-likeness (QED) is 0.563. The number of carbonyl (C=O) groups excluding carboxylic acids is 3. The Hall–Kier alpha value is -3.72. The fourth-order valence-electron chi connectivity index (χ4n) is 4.06. The Bertz CT molecular complexity index is 1190. The average molecular weight is 464 g/mol. The third-order valence-electron chi connectivity index (χ3n) is 5.91. The summed E-state index contributed by atoms with van der Waals surface area (Å²) in [5, 5.41) is 2.84. The summed E-state index contributed by atoms with van der Waals surface area (Å²) in [6, 6.07) is 10.3. The van der Waals surface area contributed by atoms with Gasteiger partial charge in [0.25, 0.3) is 11.8 Å². The molecule has 1 aliphatic heterocycles. The molecule has 9 nitrogen and oxygen atoms in total. The van der Waals surface area contributed by atoms with Crippen molar-refractivity contribution >= 4 is 23.3 Å². The topological polar surface area (TPSA) is 96.3 Å². The van der Waals surface area contributed by atoms with Crippen molar-refractivity contribution in [3.63, 3.8) is 0 Å². The molecule has 9 heteroatoms. The van der Waals surface area contributed by atoms with E-state index in [1.807, 2.05) is 30.1 Å². The monoisotopic (exact) mass is 463 g/mol. The van der Waals surface area contributed by atoms with Gasteiger partial charge in [0.2, 0.25) is 0 Å². The number of nitrogens with one attached hydrogen (secondary N) is 1. The number of hydrogen-bond donors (Lipinski definition) is 1. The molecule has 34 heavy (non-hydrogen) atoms. The average Bonchev–Trinajstić information content (AvgIpc) is 3.10. The minimum Gasteiger partial charge on any atom is -0.462 e. The van der Waals surface area contributed by atoms with E-state index in [4.69, 9.17) is 4.74 Å². The second-order valence-electron chi connectivity index (χ2n) is 8.29. The van der Waals surface area contributed by atoms with Gasteiger partial charge in [0.1, 0.15) is 5.69 Å². The predicted molar refractivity (Wildman–Crippen MR) is 127 cm³/mol. The van der Waals surface area contributed by atoms with Crippen LogP contribution in [0.1, 0.15) is 50.2 Å². The van der Waals surface area contributed by atoms with Crippen LogP contribution in [0, 0.1) is 0 Å². The SMILES string of the molecule is CCOC(=O)c1cc(C(=O)N2CCCN(C)CC2)n2ccc(C(=O)NCc3ccccn3)cc12. The van der Waals surface area contributed by atoms with E-state index < -0.39 is 5.97 Å². The van der Waals surface area contributed by atoms with Crippen molar-refractivity contribution in [3.05, 3.63) is 71.3 Å². The number of likely N-dealkylation sites (N-methyl/N-ethyl adjacent to an activating group) is 1. The first-order valence-corrected chi connectivity index (χ1v) is 11.5.